The third-order valence-electron chi connectivity index (χ3n) is 5.94. The second-order valence-electron chi connectivity index (χ2n) is 7.58. The maximum Gasteiger partial charge on any atom is 0.223 e. The molecule has 1 saturated heterocycles. The summed E-state index contributed by atoms with van der Waals surface area (Å²) in [6, 6.07) is 10.2. The minimum absolute atomic E-state index is 0.174. The zero-order chi connectivity index (χ0) is 21.7. The van der Waals surface area contributed by atoms with E-state index >= 15 is 0 Å². The van der Waals surface area contributed by atoms with Crippen LogP contribution >= 0.6 is 0 Å². The first-order valence-electron chi connectivity index (χ1n) is 10.4. The zero-order valence-corrected chi connectivity index (χ0v) is 18.7. The fourth-order valence-electron chi connectivity index (χ4n) is 4.03. The number of benzene rings is 2. The SMILES string of the molecule is COc1ccc(CCC(=O)N2CCN(c3cccc(C)c3C)CC2)c(OC)c1OC. The minimum atomic E-state index is 0.174. The van der Waals surface area contributed by atoms with Crippen molar-refractivity contribution >= 4 is 11.6 Å². The van der Waals surface area contributed by atoms with Gasteiger partial charge in [-0.1, -0.05) is 18.2 Å². The van der Waals surface area contributed by atoms with Gasteiger partial charge in [0.05, 0.1) is 21.3 Å². The zero-order valence-electron chi connectivity index (χ0n) is 18.7. The Balaban J connectivity index is 1.60. The lowest BCUT2D eigenvalue weighted by atomic mass is 10.1. The fraction of sp³-hybridized carbons (Fsp3) is 0.458. The number of piperazine rings is 1. The maximum atomic E-state index is 12.8. The molecule has 0 aliphatic carbocycles. The van der Waals surface area contributed by atoms with Gasteiger partial charge in [-0.25, -0.2) is 0 Å². The van der Waals surface area contributed by atoms with Crippen molar-refractivity contribution in [1.29, 1.82) is 0 Å². The Hall–Kier alpha value is -2.89. The third kappa shape index (κ3) is 4.48. The van der Waals surface area contributed by atoms with Crippen LogP contribution in [0.25, 0.3) is 0 Å². The largest absolute Gasteiger partial charge is 0.493 e. The number of carbonyl (C=O) groups is 1. The molecule has 1 aliphatic rings. The molecular formula is C24H32N2O4. The highest BCUT2D eigenvalue weighted by Crippen LogP contribution is 2.40. The number of methoxy groups -OCH3 is 3. The summed E-state index contributed by atoms with van der Waals surface area (Å²) in [6.07, 6.45) is 1.04. The van der Waals surface area contributed by atoms with Crippen molar-refractivity contribution in [1.82, 2.24) is 4.90 Å². The topological polar surface area (TPSA) is 51.2 Å². The van der Waals surface area contributed by atoms with Crippen molar-refractivity contribution in [2.45, 2.75) is 26.7 Å². The van der Waals surface area contributed by atoms with Crippen LogP contribution in [0.5, 0.6) is 17.2 Å². The lowest BCUT2D eigenvalue weighted by Crippen LogP contribution is -2.49. The van der Waals surface area contributed by atoms with Crippen molar-refractivity contribution in [2.75, 3.05) is 52.4 Å². The van der Waals surface area contributed by atoms with E-state index in [1.54, 1.807) is 21.3 Å². The Morgan fingerprint density at radius 1 is 0.900 bits per heavy atom. The van der Waals surface area contributed by atoms with E-state index in [0.29, 0.717) is 30.1 Å². The number of ether oxygens (including phenoxy) is 3. The average molecular weight is 413 g/mol. The summed E-state index contributed by atoms with van der Waals surface area (Å²) >= 11 is 0. The van der Waals surface area contributed by atoms with Gasteiger partial charge >= 0.3 is 0 Å². The summed E-state index contributed by atoms with van der Waals surface area (Å²) in [5, 5.41) is 0. The van der Waals surface area contributed by atoms with E-state index in [9.17, 15) is 4.79 Å². The van der Waals surface area contributed by atoms with Gasteiger partial charge in [-0.15, -0.1) is 0 Å². The Morgan fingerprint density at radius 3 is 2.23 bits per heavy atom. The quantitative estimate of drug-likeness (QED) is 0.695. The second-order valence-corrected chi connectivity index (χ2v) is 7.58. The number of nitrogens with zero attached hydrogens (tertiary/aromatic N) is 2. The van der Waals surface area contributed by atoms with Crippen LogP contribution in [-0.2, 0) is 11.2 Å². The van der Waals surface area contributed by atoms with Crippen molar-refractivity contribution in [2.24, 2.45) is 0 Å². The molecule has 0 unspecified atom stereocenters. The van der Waals surface area contributed by atoms with Gasteiger partial charge in [0.2, 0.25) is 11.7 Å². The Bertz CT molecular complexity index is 889. The summed E-state index contributed by atoms with van der Waals surface area (Å²) in [4.78, 5) is 17.2. The molecule has 0 bridgehead atoms. The second kappa shape index (κ2) is 9.74. The van der Waals surface area contributed by atoms with Crippen LogP contribution in [0.3, 0.4) is 0 Å². The van der Waals surface area contributed by atoms with Crippen LogP contribution in [0.4, 0.5) is 5.69 Å². The van der Waals surface area contributed by atoms with Gasteiger partial charge in [-0.05, 0) is 49.1 Å². The normalized spacial score (nSPS) is 13.9. The van der Waals surface area contributed by atoms with Gasteiger partial charge < -0.3 is 24.0 Å². The first-order valence-corrected chi connectivity index (χ1v) is 10.4. The first kappa shape index (κ1) is 21.8. The van der Waals surface area contributed by atoms with E-state index in [0.717, 1.165) is 31.7 Å². The average Bonchev–Trinajstić information content (AvgIpc) is 2.78. The van der Waals surface area contributed by atoms with Gasteiger partial charge in [0.25, 0.3) is 0 Å². The molecule has 2 aromatic rings. The maximum absolute atomic E-state index is 12.8. The van der Waals surface area contributed by atoms with Gasteiger partial charge in [0, 0.05) is 38.3 Å². The molecule has 0 aromatic heterocycles. The van der Waals surface area contributed by atoms with Crippen LogP contribution < -0.4 is 19.1 Å². The highest BCUT2D eigenvalue weighted by molar-refractivity contribution is 5.77. The van der Waals surface area contributed by atoms with Gasteiger partial charge in [0.15, 0.2) is 11.5 Å². The number of aryl methyl sites for hydroxylation is 2. The fourth-order valence-corrected chi connectivity index (χ4v) is 4.03. The molecule has 1 fully saturated rings. The molecule has 0 atom stereocenters. The van der Waals surface area contributed by atoms with Crippen LogP contribution in [0, 0.1) is 13.8 Å². The number of hydrogen-bond acceptors (Lipinski definition) is 5. The van der Waals surface area contributed by atoms with E-state index in [2.05, 4.69) is 36.9 Å². The van der Waals surface area contributed by atoms with E-state index in [-0.39, 0.29) is 5.91 Å². The minimum Gasteiger partial charge on any atom is -0.493 e. The summed E-state index contributed by atoms with van der Waals surface area (Å²) in [7, 11) is 4.79. The molecule has 0 N–H and O–H groups in total. The summed E-state index contributed by atoms with van der Waals surface area (Å²) < 4.78 is 16.3. The lowest BCUT2D eigenvalue weighted by molar-refractivity contribution is -0.131. The molecule has 0 radical (unpaired) electrons. The number of amides is 1. The van der Waals surface area contributed by atoms with Crippen LogP contribution in [0.1, 0.15) is 23.1 Å². The molecule has 2 aromatic carbocycles. The summed E-state index contributed by atoms with van der Waals surface area (Å²) in [6.45, 7) is 7.51. The van der Waals surface area contributed by atoms with Crippen LogP contribution in [-0.4, -0.2) is 58.3 Å². The van der Waals surface area contributed by atoms with Crippen LogP contribution in [0.2, 0.25) is 0 Å². The Kier molecular flexibility index (Phi) is 7.08. The van der Waals surface area contributed by atoms with E-state index in [1.807, 2.05) is 17.0 Å². The smallest absolute Gasteiger partial charge is 0.223 e. The molecule has 1 aliphatic heterocycles. The number of anilines is 1. The van der Waals surface area contributed by atoms with Crippen molar-refractivity contribution < 1.29 is 19.0 Å². The monoisotopic (exact) mass is 412 g/mol. The number of rotatable bonds is 7. The van der Waals surface area contributed by atoms with E-state index in [1.165, 1.54) is 16.8 Å². The molecule has 0 saturated carbocycles. The molecule has 6 nitrogen and oxygen atoms in total. The molecule has 0 spiro atoms. The molecule has 1 amide bonds. The predicted molar refractivity (Wildman–Crippen MR) is 119 cm³/mol. The number of hydrogen-bond donors (Lipinski definition) is 0. The summed E-state index contributed by atoms with van der Waals surface area (Å²) in [5.41, 5.74) is 4.84. The third-order valence-corrected chi connectivity index (χ3v) is 5.94. The Labute approximate surface area is 179 Å². The van der Waals surface area contributed by atoms with Gasteiger partial charge in [-0.3, -0.25) is 4.79 Å². The molecule has 3 rings (SSSR count). The molecule has 162 valence electrons. The highest BCUT2D eigenvalue weighted by atomic mass is 16.5. The van der Waals surface area contributed by atoms with Crippen molar-refractivity contribution in [3.05, 3.63) is 47.0 Å². The Morgan fingerprint density at radius 2 is 1.60 bits per heavy atom. The summed E-state index contributed by atoms with van der Waals surface area (Å²) in [5.74, 6) is 1.98. The lowest BCUT2D eigenvalue weighted by Gasteiger charge is -2.37. The van der Waals surface area contributed by atoms with E-state index < -0.39 is 0 Å². The molecule has 30 heavy (non-hydrogen) atoms. The molecule has 6 heteroatoms. The molecule has 1 heterocycles. The standard InChI is InChI=1S/C24H32N2O4/c1-17-7-6-8-20(18(17)2)25-13-15-26(16-14-25)22(27)12-10-19-9-11-21(28-3)24(30-5)23(19)29-4/h6-9,11H,10,12-16H2,1-5H3. The highest BCUT2D eigenvalue weighted by Gasteiger charge is 2.23. The van der Waals surface area contributed by atoms with Gasteiger partial charge in [0.1, 0.15) is 0 Å². The van der Waals surface area contributed by atoms with Crippen molar-refractivity contribution in [3.63, 3.8) is 0 Å². The molecular weight excluding hydrogens is 380 g/mol. The van der Waals surface area contributed by atoms with Crippen LogP contribution in [0.15, 0.2) is 30.3 Å². The van der Waals surface area contributed by atoms with E-state index in [4.69, 9.17) is 14.2 Å². The first-order chi connectivity index (χ1) is 14.5. The van der Waals surface area contributed by atoms with Gasteiger partial charge in [-0.2, -0.15) is 0 Å². The number of carbonyl (C=O) groups excluding carboxylic acids is 1. The van der Waals surface area contributed by atoms with Crippen molar-refractivity contribution in [3.8, 4) is 17.2 Å². The predicted octanol–water partition coefficient (Wildman–Crippen LogP) is 3.61.